The topological polar surface area (TPSA) is 26.3 Å². The van der Waals surface area contributed by atoms with Crippen LogP contribution in [0.3, 0.4) is 0 Å². The zero-order chi connectivity index (χ0) is 7.11. The van der Waals surface area contributed by atoms with Crippen molar-refractivity contribution >= 4 is 5.97 Å². The summed E-state index contributed by atoms with van der Waals surface area (Å²) < 4.78 is 4.79. The summed E-state index contributed by atoms with van der Waals surface area (Å²) in [6, 6.07) is 0. The van der Waals surface area contributed by atoms with E-state index < -0.39 is 0 Å². The van der Waals surface area contributed by atoms with Gasteiger partial charge in [0.2, 0.25) is 0 Å². The van der Waals surface area contributed by atoms with Crippen molar-refractivity contribution in [2.24, 2.45) is 0 Å². The Bertz CT molecular complexity index is 79.6. The quantitative estimate of drug-likeness (QED) is 0.469. The maximum absolute atomic E-state index is 10.5. The molecule has 0 saturated heterocycles. The molecular weight excluding hydrogens is 140 g/mol. The lowest BCUT2D eigenvalue weighted by Gasteiger charge is -1.99. The minimum Gasteiger partial charge on any atom is -0.466 e. The second-order valence-corrected chi connectivity index (χ2v) is 1.93. The molecule has 0 saturated carbocycles. The predicted octanol–water partition coefficient (Wildman–Crippen LogP) is 3.01. The van der Waals surface area contributed by atoms with Crippen LogP contribution in [0.2, 0.25) is 0 Å². The van der Waals surface area contributed by atoms with Gasteiger partial charge in [-0.3, -0.25) is 4.79 Å². The summed E-state index contributed by atoms with van der Waals surface area (Å²) in [5.41, 5.74) is 0. The molecule has 70 valence electrons. The molecule has 0 aliphatic heterocycles. The highest BCUT2D eigenvalue weighted by molar-refractivity contribution is 5.68. The largest absolute Gasteiger partial charge is 0.466 e. The molecule has 0 bridgehead atoms. The number of ether oxygens (including phenoxy) is 1. The summed E-state index contributed by atoms with van der Waals surface area (Å²) in [4.78, 5) is 10.5. The van der Waals surface area contributed by atoms with Gasteiger partial charge in [0.15, 0.2) is 0 Å². The molecule has 0 aromatic rings. The molecular formula is C9H22O2. The van der Waals surface area contributed by atoms with Gasteiger partial charge in [-0.2, -0.15) is 0 Å². The lowest BCUT2D eigenvalue weighted by Crippen LogP contribution is -2.02. The van der Waals surface area contributed by atoms with Crippen molar-refractivity contribution in [1.29, 1.82) is 0 Å². The van der Waals surface area contributed by atoms with E-state index in [0.29, 0.717) is 13.0 Å². The van der Waals surface area contributed by atoms with Crippen LogP contribution in [0.4, 0.5) is 0 Å². The Morgan fingerprint density at radius 1 is 1.27 bits per heavy atom. The Hall–Kier alpha value is -0.530. The van der Waals surface area contributed by atoms with E-state index in [9.17, 15) is 4.79 Å². The number of carbonyl (C=O) groups is 1. The number of rotatable bonds is 4. The van der Waals surface area contributed by atoms with E-state index in [0.717, 1.165) is 12.8 Å². The summed E-state index contributed by atoms with van der Waals surface area (Å²) in [5.74, 6) is -0.0940. The van der Waals surface area contributed by atoms with Gasteiger partial charge in [-0.25, -0.2) is 0 Å². The fourth-order valence-corrected chi connectivity index (χ4v) is 0.432. The second-order valence-electron chi connectivity index (χ2n) is 1.93. The standard InChI is InChI=1S/C7H14O2.2CH4/c1-3-5-6-9-7(8)4-2;;/h3-6H2,1-2H3;2*1H4. The van der Waals surface area contributed by atoms with Crippen molar-refractivity contribution in [3.05, 3.63) is 0 Å². The molecule has 0 radical (unpaired) electrons. The van der Waals surface area contributed by atoms with E-state index in [1.165, 1.54) is 0 Å². The van der Waals surface area contributed by atoms with Gasteiger partial charge in [0, 0.05) is 6.42 Å². The van der Waals surface area contributed by atoms with Crippen LogP contribution in [0.1, 0.15) is 48.0 Å². The minimum atomic E-state index is -0.0940. The Kier molecular flexibility index (Phi) is 18.6. The molecule has 0 aliphatic carbocycles. The highest BCUT2D eigenvalue weighted by Crippen LogP contribution is 1.90. The number of esters is 1. The van der Waals surface area contributed by atoms with E-state index >= 15 is 0 Å². The van der Waals surface area contributed by atoms with Gasteiger partial charge >= 0.3 is 5.97 Å². The molecule has 11 heavy (non-hydrogen) atoms. The normalized spacial score (nSPS) is 7.45. The molecule has 0 atom stereocenters. The number of hydrogen-bond donors (Lipinski definition) is 0. The Balaban J connectivity index is -0.000000320. The van der Waals surface area contributed by atoms with Crippen molar-refractivity contribution in [1.82, 2.24) is 0 Å². The maximum atomic E-state index is 10.5. The monoisotopic (exact) mass is 162 g/mol. The Labute approximate surface area is 70.9 Å². The summed E-state index contributed by atoms with van der Waals surface area (Å²) in [6.07, 6.45) is 2.55. The first-order valence-corrected chi connectivity index (χ1v) is 3.46. The molecule has 2 nitrogen and oxygen atoms in total. The van der Waals surface area contributed by atoms with Gasteiger partial charge in [-0.1, -0.05) is 35.1 Å². The van der Waals surface area contributed by atoms with Crippen LogP contribution >= 0.6 is 0 Å². The highest BCUT2D eigenvalue weighted by Gasteiger charge is 1.94. The molecule has 0 rings (SSSR count). The van der Waals surface area contributed by atoms with Gasteiger partial charge in [-0.15, -0.1) is 0 Å². The van der Waals surface area contributed by atoms with Gasteiger partial charge in [-0.05, 0) is 6.42 Å². The molecule has 0 aromatic heterocycles. The highest BCUT2D eigenvalue weighted by atomic mass is 16.5. The predicted molar refractivity (Wildman–Crippen MR) is 49.6 cm³/mol. The number of carbonyl (C=O) groups excluding carboxylic acids is 1. The van der Waals surface area contributed by atoms with E-state index in [1.54, 1.807) is 6.92 Å². The van der Waals surface area contributed by atoms with E-state index in [2.05, 4.69) is 6.92 Å². The summed E-state index contributed by atoms with van der Waals surface area (Å²) >= 11 is 0. The van der Waals surface area contributed by atoms with Crippen molar-refractivity contribution in [2.75, 3.05) is 6.61 Å². The molecule has 0 unspecified atom stereocenters. The third kappa shape index (κ3) is 12.6. The van der Waals surface area contributed by atoms with E-state index in [4.69, 9.17) is 4.74 Å². The van der Waals surface area contributed by atoms with E-state index in [1.807, 2.05) is 0 Å². The van der Waals surface area contributed by atoms with Crippen LogP contribution in [0.25, 0.3) is 0 Å². The van der Waals surface area contributed by atoms with Crippen molar-refractivity contribution in [2.45, 2.75) is 48.0 Å². The van der Waals surface area contributed by atoms with E-state index in [-0.39, 0.29) is 20.8 Å². The molecule has 0 N–H and O–H groups in total. The fraction of sp³-hybridized carbons (Fsp3) is 0.889. The summed E-state index contributed by atoms with van der Waals surface area (Å²) in [7, 11) is 0. The molecule has 0 amide bonds. The van der Waals surface area contributed by atoms with Crippen molar-refractivity contribution < 1.29 is 9.53 Å². The Morgan fingerprint density at radius 2 is 1.82 bits per heavy atom. The van der Waals surface area contributed by atoms with Gasteiger partial charge in [0.25, 0.3) is 0 Å². The molecule has 0 spiro atoms. The molecule has 0 fully saturated rings. The zero-order valence-corrected chi connectivity index (χ0v) is 6.14. The molecule has 0 aliphatic rings. The molecule has 0 heterocycles. The van der Waals surface area contributed by atoms with Gasteiger partial charge in [0.1, 0.15) is 0 Å². The van der Waals surface area contributed by atoms with Crippen molar-refractivity contribution in [3.63, 3.8) is 0 Å². The third-order valence-corrected chi connectivity index (χ3v) is 1.05. The van der Waals surface area contributed by atoms with Gasteiger partial charge < -0.3 is 4.74 Å². The second kappa shape index (κ2) is 12.2. The Morgan fingerprint density at radius 3 is 2.18 bits per heavy atom. The minimum absolute atomic E-state index is 0. The van der Waals surface area contributed by atoms with Crippen LogP contribution in [0, 0.1) is 0 Å². The first-order chi connectivity index (χ1) is 4.31. The fourth-order valence-electron chi connectivity index (χ4n) is 0.432. The molecule has 2 heteroatoms. The van der Waals surface area contributed by atoms with Gasteiger partial charge in [0.05, 0.1) is 6.61 Å². The third-order valence-electron chi connectivity index (χ3n) is 1.05. The van der Waals surface area contributed by atoms with Crippen LogP contribution in [0.15, 0.2) is 0 Å². The first-order valence-electron chi connectivity index (χ1n) is 3.46. The van der Waals surface area contributed by atoms with Crippen molar-refractivity contribution in [3.8, 4) is 0 Å². The lowest BCUT2D eigenvalue weighted by molar-refractivity contribution is -0.143. The van der Waals surface area contributed by atoms with Crippen LogP contribution in [0.5, 0.6) is 0 Å². The first kappa shape index (κ1) is 16.8. The smallest absolute Gasteiger partial charge is 0.305 e. The van der Waals surface area contributed by atoms with Crippen LogP contribution in [-0.2, 0) is 9.53 Å². The summed E-state index contributed by atoms with van der Waals surface area (Å²) in [5, 5.41) is 0. The number of unbranched alkanes of at least 4 members (excludes halogenated alkanes) is 1. The number of hydrogen-bond acceptors (Lipinski definition) is 2. The molecule has 0 aromatic carbocycles. The summed E-state index contributed by atoms with van der Waals surface area (Å²) in [6.45, 7) is 4.46. The van der Waals surface area contributed by atoms with Crippen LogP contribution < -0.4 is 0 Å². The lowest BCUT2D eigenvalue weighted by atomic mass is 10.4. The zero-order valence-electron chi connectivity index (χ0n) is 6.14. The maximum Gasteiger partial charge on any atom is 0.305 e. The van der Waals surface area contributed by atoms with Crippen LogP contribution in [-0.4, -0.2) is 12.6 Å². The SMILES string of the molecule is C.C.CCCCOC(=O)CC. The average molecular weight is 162 g/mol. The average Bonchev–Trinajstić information content (AvgIpc) is 1.89.